The van der Waals surface area contributed by atoms with Gasteiger partial charge in [0.25, 0.3) is 0 Å². The van der Waals surface area contributed by atoms with Crippen molar-refractivity contribution in [3.63, 3.8) is 0 Å². The summed E-state index contributed by atoms with van der Waals surface area (Å²) in [7, 11) is -3.54. The van der Waals surface area contributed by atoms with E-state index in [1.165, 1.54) is 4.31 Å². The average Bonchev–Trinajstić information content (AvgIpc) is 2.83. The van der Waals surface area contributed by atoms with Crippen LogP contribution in [0.1, 0.15) is 17.0 Å². The first-order valence-electron chi connectivity index (χ1n) is 6.76. The number of nitrogens with two attached hydrogens (primary N) is 1. The summed E-state index contributed by atoms with van der Waals surface area (Å²) in [5.74, 6) is 0.774. The Labute approximate surface area is 124 Å². The summed E-state index contributed by atoms with van der Waals surface area (Å²) in [5, 5.41) is 0. The van der Waals surface area contributed by atoms with Crippen LogP contribution in [-0.2, 0) is 23.1 Å². The standard InChI is InChI=1S/C14H18N4O2S/c1-10-7-12(15)8-11(2)14(10)21(19,20)18-6-5-17-4-3-16-13(17)9-18/h3-4,7-8H,5-6,9,15H2,1-2H3. The zero-order valence-electron chi connectivity index (χ0n) is 12.1. The smallest absolute Gasteiger partial charge is 0.244 e. The number of nitrogen functional groups attached to an aromatic ring is 1. The van der Waals surface area contributed by atoms with Crippen LogP contribution in [0.3, 0.4) is 0 Å². The van der Waals surface area contributed by atoms with Crippen LogP contribution in [0.15, 0.2) is 29.4 Å². The topological polar surface area (TPSA) is 81.2 Å². The number of sulfonamides is 1. The van der Waals surface area contributed by atoms with E-state index in [1.807, 2.05) is 10.8 Å². The molecule has 0 fully saturated rings. The molecule has 1 aliphatic heterocycles. The van der Waals surface area contributed by atoms with E-state index in [9.17, 15) is 8.42 Å². The maximum Gasteiger partial charge on any atom is 0.244 e. The highest BCUT2D eigenvalue weighted by Crippen LogP contribution is 2.28. The fourth-order valence-electron chi connectivity index (χ4n) is 2.88. The van der Waals surface area contributed by atoms with E-state index in [0.29, 0.717) is 41.3 Å². The molecule has 0 saturated heterocycles. The molecule has 2 N–H and O–H groups in total. The Kier molecular flexibility index (Phi) is 3.26. The zero-order chi connectivity index (χ0) is 15.2. The van der Waals surface area contributed by atoms with E-state index in [-0.39, 0.29) is 0 Å². The monoisotopic (exact) mass is 306 g/mol. The van der Waals surface area contributed by atoms with Crippen LogP contribution >= 0.6 is 0 Å². The third-order valence-electron chi connectivity index (χ3n) is 3.79. The lowest BCUT2D eigenvalue weighted by Crippen LogP contribution is -2.38. The van der Waals surface area contributed by atoms with E-state index < -0.39 is 10.0 Å². The van der Waals surface area contributed by atoms with Gasteiger partial charge in [0.1, 0.15) is 5.82 Å². The third-order valence-corrected chi connectivity index (χ3v) is 5.94. The molecule has 3 rings (SSSR count). The van der Waals surface area contributed by atoms with Crippen LogP contribution in [0.2, 0.25) is 0 Å². The molecule has 21 heavy (non-hydrogen) atoms. The lowest BCUT2D eigenvalue weighted by Gasteiger charge is -2.28. The Hall–Kier alpha value is -1.86. The molecule has 2 aromatic rings. The van der Waals surface area contributed by atoms with Crippen molar-refractivity contribution in [2.45, 2.75) is 31.8 Å². The van der Waals surface area contributed by atoms with Gasteiger partial charge >= 0.3 is 0 Å². The second-order valence-electron chi connectivity index (χ2n) is 5.36. The molecular formula is C14H18N4O2S. The molecule has 0 bridgehead atoms. The lowest BCUT2D eigenvalue weighted by molar-refractivity contribution is 0.335. The molecule has 112 valence electrons. The molecule has 0 spiro atoms. The third kappa shape index (κ3) is 2.32. The number of imidazole rings is 1. The summed E-state index contributed by atoms with van der Waals surface area (Å²) in [6, 6.07) is 3.40. The summed E-state index contributed by atoms with van der Waals surface area (Å²) in [6.45, 7) is 4.94. The molecule has 7 heteroatoms. The fraction of sp³-hybridized carbons (Fsp3) is 0.357. The molecule has 0 radical (unpaired) electrons. The predicted octanol–water partition coefficient (Wildman–Crippen LogP) is 1.29. The Bertz CT molecular complexity index is 772. The van der Waals surface area contributed by atoms with Crippen molar-refractivity contribution < 1.29 is 8.42 Å². The van der Waals surface area contributed by atoms with Gasteiger partial charge in [-0.3, -0.25) is 0 Å². The van der Waals surface area contributed by atoms with Crippen LogP contribution in [0.25, 0.3) is 0 Å². The van der Waals surface area contributed by atoms with Crippen LogP contribution in [0.4, 0.5) is 5.69 Å². The second-order valence-corrected chi connectivity index (χ2v) is 7.23. The van der Waals surface area contributed by atoms with Crippen molar-refractivity contribution in [3.8, 4) is 0 Å². The van der Waals surface area contributed by atoms with Gasteiger partial charge in [0.15, 0.2) is 0 Å². The van der Waals surface area contributed by atoms with Gasteiger partial charge in [0.05, 0.1) is 11.4 Å². The highest BCUT2D eigenvalue weighted by molar-refractivity contribution is 7.89. The first-order chi connectivity index (χ1) is 9.89. The summed E-state index contributed by atoms with van der Waals surface area (Å²) < 4.78 is 29.3. The van der Waals surface area contributed by atoms with Gasteiger partial charge in [0, 0.05) is 31.2 Å². The molecule has 1 aliphatic rings. The summed E-state index contributed by atoms with van der Waals surface area (Å²) in [5.41, 5.74) is 7.72. The van der Waals surface area contributed by atoms with Crippen molar-refractivity contribution in [1.29, 1.82) is 0 Å². The second kappa shape index (κ2) is 4.85. The van der Waals surface area contributed by atoms with Gasteiger partial charge in [-0.1, -0.05) is 0 Å². The number of hydrogen-bond acceptors (Lipinski definition) is 4. The Balaban J connectivity index is 2.03. The van der Waals surface area contributed by atoms with Crippen molar-refractivity contribution in [2.75, 3.05) is 12.3 Å². The SMILES string of the molecule is Cc1cc(N)cc(C)c1S(=O)(=O)N1CCn2ccnc2C1. The fourth-order valence-corrected chi connectivity index (χ4v) is 4.67. The zero-order valence-corrected chi connectivity index (χ0v) is 12.9. The highest BCUT2D eigenvalue weighted by Gasteiger charge is 2.31. The van der Waals surface area contributed by atoms with E-state index in [1.54, 1.807) is 32.2 Å². The van der Waals surface area contributed by atoms with Gasteiger partial charge in [-0.2, -0.15) is 4.31 Å². The lowest BCUT2D eigenvalue weighted by atomic mass is 10.1. The molecular weight excluding hydrogens is 288 g/mol. The maximum atomic E-state index is 12.9. The van der Waals surface area contributed by atoms with Crippen LogP contribution < -0.4 is 5.73 Å². The molecule has 0 atom stereocenters. The predicted molar refractivity (Wildman–Crippen MR) is 80.2 cm³/mol. The van der Waals surface area contributed by atoms with E-state index >= 15 is 0 Å². The molecule has 0 unspecified atom stereocenters. The number of rotatable bonds is 2. The Morgan fingerprint density at radius 3 is 2.52 bits per heavy atom. The van der Waals surface area contributed by atoms with Crippen LogP contribution in [0, 0.1) is 13.8 Å². The molecule has 0 amide bonds. The first kappa shape index (κ1) is 14.1. The van der Waals surface area contributed by atoms with E-state index in [4.69, 9.17) is 5.73 Å². The number of fused-ring (bicyclic) bond motifs is 1. The van der Waals surface area contributed by atoms with Gasteiger partial charge < -0.3 is 10.3 Å². The molecule has 6 nitrogen and oxygen atoms in total. The maximum absolute atomic E-state index is 12.9. The number of benzene rings is 1. The number of aryl methyl sites for hydroxylation is 2. The van der Waals surface area contributed by atoms with Gasteiger partial charge in [0.2, 0.25) is 10.0 Å². The molecule has 0 aliphatic carbocycles. The van der Waals surface area contributed by atoms with Crippen molar-refractivity contribution >= 4 is 15.7 Å². The Morgan fingerprint density at radius 1 is 1.19 bits per heavy atom. The summed E-state index contributed by atoms with van der Waals surface area (Å²) in [6.07, 6.45) is 3.57. The van der Waals surface area contributed by atoms with Crippen molar-refractivity contribution in [1.82, 2.24) is 13.9 Å². The molecule has 1 aromatic carbocycles. The Morgan fingerprint density at radius 2 is 1.86 bits per heavy atom. The van der Waals surface area contributed by atoms with Crippen LogP contribution in [0.5, 0.6) is 0 Å². The number of anilines is 1. The molecule has 1 aromatic heterocycles. The summed E-state index contributed by atoms with van der Waals surface area (Å²) in [4.78, 5) is 4.57. The van der Waals surface area contributed by atoms with E-state index in [2.05, 4.69) is 4.98 Å². The van der Waals surface area contributed by atoms with Gasteiger partial charge in [-0.15, -0.1) is 0 Å². The van der Waals surface area contributed by atoms with Crippen molar-refractivity contribution in [2.24, 2.45) is 0 Å². The highest BCUT2D eigenvalue weighted by atomic mass is 32.2. The van der Waals surface area contributed by atoms with Crippen molar-refractivity contribution in [3.05, 3.63) is 41.5 Å². The van der Waals surface area contributed by atoms with Gasteiger partial charge in [-0.25, -0.2) is 13.4 Å². The quantitative estimate of drug-likeness (QED) is 0.848. The average molecular weight is 306 g/mol. The van der Waals surface area contributed by atoms with E-state index in [0.717, 1.165) is 5.82 Å². The first-order valence-corrected chi connectivity index (χ1v) is 8.20. The largest absolute Gasteiger partial charge is 0.399 e. The summed E-state index contributed by atoms with van der Waals surface area (Å²) >= 11 is 0. The van der Waals surface area contributed by atoms with Crippen LogP contribution in [-0.4, -0.2) is 28.8 Å². The molecule has 2 heterocycles. The minimum absolute atomic E-state index is 0.304. The number of hydrogen-bond donors (Lipinski definition) is 1. The minimum Gasteiger partial charge on any atom is -0.399 e. The number of nitrogens with zero attached hydrogens (tertiary/aromatic N) is 3. The normalized spacial score (nSPS) is 15.9. The van der Waals surface area contributed by atoms with Gasteiger partial charge in [-0.05, 0) is 37.1 Å². The molecule has 0 saturated carbocycles. The number of aromatic nitrogens is 2. The minimum atomic E-state index is -3.54.